The van der Waals surface area contributed by atoms with Crippen LogP contribution in [0, 0.1) is 0 Å². The van der Waals surface area contributed by atoms with Gasteiger partial charge in [0.05, 0.1) is 5.69 Å². The molecule has 2 N–H and O–H groups in total. The fraction of sp³-hybridized carbons (Fsp3) is 0.583. The van der Waals surface area contributed by atoms with Crippen LogP contribution in [-0.2, 0) is 6.54 Å². The molecule has 0 aliphatic carbocycles. The first-order valence-electron chi connectivity index (χ1n) is 5.76. The molecule has 1 atom stereocenters. The summed E-state index contributed by atoms with van der Waals surface area (Å²) in [5, 5.41) is 0. The minimum absolute atomic E-state index is 0.526. The molecule has 82 valence electrons. The fourth-order valence-electron chi connectivity index (χ4n) is 2.36. The molecule has 0 bridgehead atoms. The summed E-state index contributed by atoms with van der Waals surface area (Å²) in [5.41, 5.74) is 7.87. The predicted octanol–water partition coefficient (Wildman–Crippen LogP) is 1.92. The Morgan fingerprint density at radius 1 is 1.60 bits per heavy atom. The number of nitrogens with zero attached hydrogens (tertiary/aromatic N) is 2. The lowest BCUT2D eigenvalue weighted by Gasteiger charge is -2.26. The Balaban J connectivity index is 2.20. The second-order valence-corrected chi connectivity index (χ2v) is 4.11. The maximum absolute atomic E-state index is 5.60. The quantitative estimate of drug-likeness (QED) is 0.819. The van der Waals surface area contributed by atoms with Gasteiger partial charge in [0.1, 0.15) is 0 Å². The van der Waals surface area contributed by atoms with Gasteiger partial charge in [-0.2, -0.15) is 0 Å². The zero-order chi connectivity index (χ0) is 10.7. The van der Waals surface area contributed by atoms with E-state index in [1.807, 2.05) is 6.20 Å². The topological polar surface area (TPSA) is 42.2 Å². The minimum atomic E-state index is 0.526. The Morgan fingerprint density at radius 3 is 3.20 bits per heavy atom. The SMILES string of the molecule is CCC1CCCN1c1ccnc(CN)c1. The predicted molar refractivity (Wildman–Crippen MR) is 62.8 cm³/mol. The Kier molecular flexibility index (Phi) is 3.21. The number of nitrogens with two attached hydrogens (primary N) is 1. The number of pyridine rings is 1. The zero-order valence-electron chi connectivity index (χ0n) is 9.32. The molecule has 0 amide bonds. The van der Waals surface area contributed by atoms with Crippen LogP contribution in [0.25, 0.3) is 0 Å². The highest BCUT2D eigenvalue weighted by atomic mass is 15.2. The molecule has 1 aliphatic rings. The average molecular weight is 205 g/mol. The molecule has 1 saturated heterocycles. The fourth-order valence-corrected chi connectivity index (χ4v) is 2.36. The summed E-state index contributed by atoms with van der Waals surface area (Å²) in [5.74, 6) is 0. The monoisotopic (exact) mass is 205 g/mol. The third-order valence-corrected chi connectivity index (χ3v) is 3.19. The molecule has 1 aliphatic heterocycles. The number of anilines is 1. The molecule has 0 radical (unpaired) electrons. The highest BCUT2D eigenvalue weighted by Crippen LogP contribution is 2.27. The number of aromatic nitrogens is 1. The Hall–Kier alpha value is -1.09. The van der Waals surface area contributed by atoms with E-state index in [2.05, 4.69) is 28.9 Å². The van der Waals surface area contributed by atoms with Crippen molar-refractivity contribution < 1.29 is 0 Å². The molecule has 15 heavy (non-hydrogen) atoms. The van der Waals surface area contributed by atoms with Crippen LogP contribution in [0.4, 0.5) is 5.69 Å². The van der Waals surface area contributed by atoms with Gasteiger partial charge >= 0.3 is 0 Å². The van der Waals surface area contributed by atoms with E-state index in [0.29, 0.717) is 12.6 Å². The van der Waals surface area contributed by atoms with E-state index in [-0.39, 0.29) is 0 Å². The van der Waals surface area contributed by atoms with Gasteiger partial charge in [0, 0.05) is 31.0 Å². The molecule has 1 aromatic heterocycles. The van der Waals surface area contributed by atoms with Crippen molar-refractivity contribution in [2.75, 3.05) is 11.4 Å². The maximum Gasteiger partial charge on any atom is 0.0560 e. The van der Waals surface area contributed by atoms with E-state index >= 15 is 0 Å². The van der Waals surface area contributed by atoms with Crippen LogP contribution in [0.1, 0.15) is 31.9 Å². The van der Waals surface area contributed by atoms with E-state index in [4.69, 9.17) is 5.73 Å². The van der Waals surface area contributed by atoms with Crippen molar-refractivity contribution in [1.82, 2.24) is 4.98 Å². The summed E-state index contributed by atoms with van der Waals surface area (Å²) < 4.78 is 0. The van der Waals surface area contributed by atoms with Gasteiger partial charge in [-0.15, -0.1) is 0 Å². The Labute approximate surface area is 91.3 Å². The third kappa shape index (κ3) is 2.12. The first-order chi connectivity index (χ1) is 7.35. The molecule has 3 nitrogen and oxygen atoms in total. The molecular formula is C12H19N3. The van der Waals surface area contributed by atoms with Gasteiger partial charge in [-0.25, -0.2) is 0 Å². The van der Waals surface area contributed by atoms with Crippen molar-refractivity contribution in [3.63, 3.8) is 0 Å². The summed E-state index contributed by atoms with van der Waals surface area (Å²) in [6, 6.07) is 4.92. The van der Waals surface area contributed by atoms with Crippen molar-refractivity contribution in [3.05, 3.63) is 24.0 Å². The van der Waals surface area contributed by atoms with Gasteiger partial charge in [-0.1, -0.05) is 6.92 Å². The molecule has 1 fully saturated rings. The van der Waals surface area contributed by atoms with Crippen molar-refractivity contribution in [2.24, 2.45) is 5.73 Å². The number of hydrogen-bond acceptors (Lipinski definition) is 3. The second-order valence-electron chi connectivity index (χ2n) is 4.11. The largest absolute Gasteiger partial charge is 0.368 e. The molecular weight excluding hydrogens is 186 g/mol. The lowest BCUT2D eigenvalue weighted by molar-refractivity contribution is 0.645. The molecule has 1 unspecified atom stereocenters. The molecule has 0 spiro atoms. The Morgan fingerprint density at radius 2 is 2.47 bits per heavy atom. The summed E-state index contributed by atoms with van der Waals surface area (Å²) in [4.78, 5) is 6.72. The molecule has 2 rings (SSSR count). The van der Waals surface area contributed by atoms with Crippen molar-refractivity contribution in [1.29, 1.82) is 0 Å². The summed E-state index contributed by atoms with van der Waals surface area (Å²) in [7, 11) is 0. The molecule has 0 aromatic carbocycles. The average Bonchev–Trinajstić information content (AvgIpc) is 2.77. The molecule has 1 aromatic rings. The lowest BCUT2D eigenvalue weighted by atomic mass is 10.1. The van der Waals surface area contributed by atoms with Crippen LogP contribution in [0.2, 0.25) is 0 Å². The van der Waals surface area contributed by atoms with Crippen LogP contribution < -0.4 is 10.6 Å². The van der Waals surface area contributed by atoms with Crippen molar-refractivity contribution in [3.8, 4) is 0 Å². The standard InChI is InChI=1S/C12H19N3/c1-2-11-4-3-7-15(11)12-5-6-14-10(8-12)9-13/h5-6,8,11H,2-4,7,9,13H2,1H3. The highest BCUT2D eigenvalue weighted by Gasteiger charge is 2.22. The van der Waals surface area contributed by atoms with Gasteiger partial charge in [-0.3, -0.25) is 4.98 Å². The minimum Gasteiger partial charge on any atom is -0.368 e. The van der Waals surface area contributed by atoms with E-state index < -0.39 is 0 Å². The van der Waals surface area contributed by atoms with E-state index in [1.165, 1.54) is 31.5 Å². The highest BCUT2D eigenvalue weighted by molar-refractivity contribution is 5.48. The third-order valence-electron chi connectivity index (χ3n) is 3.19. The van der Waals surface area contributed by atoms with Gasteiger partial charge in [0.25, 0.3) is 0 Å². The van der Waals surface area contributed by atoms with Gasteiger partial charge in [0.15, 0.2) is 0 Å². The van der Waals surface area contributed by atoms with Crippen LogP contribution in [0.5, 0.6) is 0 Å². The maximum atomic E-state index is 5.60. The van der Waals surface area contributed by atoms with Crippen molar-refractivity contribution >= 4 is 5.69 Å². The molecule has 2 heterocycles. The second kappa shape index (κ2) is 4.62. The first kappa shape index (κ1) is 10.4. The van der Waals surface area contributed by atoms with Crippen LogP contribution in [0.15, 0.2) is 18.3 Å². The van der Waals surface area contributed by atoms with Crippen LogP contribution in [0.3, 0.4) is 0 Å². The zero-order valence-corrected chi connectivity index (χ0v) is 9.32. The van der Waals surface area contributed by atoms with E-state index in [9.17, 15) is 0 Å². The van der Waals surface area contributed by atoms with E-state index in [0.717, 1.165) is 5.69 Å². The van der Waals surface area contributed by atoms with Crippen molar-refractivity contribution in [2.45, 2.75) is 38.8 Å². The number of hydrogen-bond donors (Lipinski definition) is 1. The first-order valence-corrected chi connectivity index (χ1v) is 5.76. The van der Waals surface area contributed by atoms with Gasteiger partial charge < -0.3 is 10.6 Å². The Bertz CT molecular complexity index is 324. The molecule has 3 heteroatoms. The molecule has 0 saturated carbocycles. The summed E-state index contributed by atoms with van der Waals surface area (Å²) in [6.45, 7) is 3.96. The van der Waals surface area contributed by atoms with E-state index in [1.54, 1.807) is 0 Å². The lowest BCUT2D eigenvalue weighted by Crippen LogP contribution is -2.28. The van der Waals surface area contributed by atoms with Crippen LogP contribution >= 0.6 is 0 Å². The summed E-state index contributed by atoms with van der Waals surface area (Å²) >= 11 is 0. The summed E-state index contributed by atoms with van der Waals surface area (Å²) in [6.07, 6.45) is 5.71. The van der Waals surface area contributed by atoms with Gasteiger partial charge in [0.2, 0.25) is 0 Å². The number of rotatable bonds is 3. The van der Waals surface area contributed by atoms with Gasteiger partial charge in [-0.05, 0) is 31.4 Å². The smallest absolute Gasteiger partial charge is 0.0560 e. The normalized spacial score (nSPS) is 20.9. The van der Waals surface area contributed by atoms with Crippen LogP contribution in [-0.4, -0.2) is 17.6 Å².